The van der Waals surface area contributed by atoms with E-state index in [1.54, 1.807) is 0 Å². The minimum Gasteiger partial charge on any atom is -0.401 e. The zero-order chi connectivity index (χ0) is 11.0. The van der Waals surface area contributed by atoms with Crippen LogP contribution in [-0.4, -0.2) is 27.1 Å². The highest BCUT2D eigenvalue weighted by Gasteiger charge is 2.43. The number of terminal acetylenes is 1. The molecule has 14 heavy (non-hydrogen) atoms. The van der Waals surface area contributed by atoms with Gasteiger partial charge in [0, 0.05) is 0 Å². The summed E-state index contributed by atoms with van der Waals surface area (Å²) >= 11 is 0. The number of ether oxygens (including phenoxy) is 1. The van der Waals surface area contributed by atoms with E-state index in [2.05, 4.69) is 39.8 Å². The average molecular weight is 212 g/mol. The molecule has 2 nitrogen and oxygen atoms in total. The number of hydrogen-bond acceptors (Lipinski definition) is 2. The number of epoxide rings is 1. The van der Waals surface area contributed by atoms with Crippen LogP contribution in [0.15, 0.2) is 0 Å². The maximum Gasteiger partial charge on any atom is 0.193 e. The molecule has 0 aromatic heterocycles. The topological polar surface area (TPSA) is 21.8 Å². The summed E-state index contributed by atoms with van der Waals surface area (Å²) in [5.74, 6) is 2.68. The monoisotopic (exact) mass is 212 g/mol. The van der Waals surface area contributed by atoms with Crippen molar-refractivity contribution in [2.75, 3.05) is 6.61 Å². The van der Waals surface area contributed by atoms with Crippen molar-refractivity contribution in [2.24, 2.45) is 0 Å². The van der Waals surface area contributed by atoms with E-state index < -0.39 is 8.32 Å². The summed E-state index contributed by atoms with van der Waals surface area (Å²) in [4.78, 5) is 0. The van der Waals surface area contributed by atoms with Crippen LogP contribution in [0.25, 0.3) is 0 Å². The molecule has 0 amide bonds. The molecule has 0 aromatic carbocycles. The average Bonchev–Trinajstić information content (AvgIpc) is 2.80. The summed E-state index contributed by atoms with van der Waals surface area (Å²) in [5, 5.41) is 0.205. The standard InChI is InChI=1S/C11H20O2Si/c1-7-9(10-8-12-10)13-14(5,6)11(2,3)4/h1,9-10H,8H2,2-6H3/t9-,10-/m0/s1. The van der Waals surface area contributed by atoms with Crippen LogP contribution in [0.3, 0.4) is 0 Å². The maximum absolute atomic E-state index is 6.05. The zero-order valence-corrected chi connectivity index (χ0v) is 10.8. The molecule has 1 saturated heterocycles. The molecule has 0 N–H and O–H groups in total. The predicted octanol–water partition coefficient (Wildman–Crippen LogP) is 2.41. The Bertz CT molecular complexity index is 243. The summed E-state index contributed by atoms with van der Waals surface area (Å²) < 4.78 is 11.2. The molecule has 0 aliphatic carbocycles. The van der Waals surface area contributed by atoms with Crippen molar-refractivity contribution >= 4 is 8.32 Å². The van der Waals surface area contributed by atoms with Crippen LogP contribution >= 0.6 is 0 Å². The van der Waals surface area contributed by atoms with Crippen molar-refractivity contribution in [1.29, 1.82) is 0 Å². The molecule has 1 rings (SSSR count). The van der Waals surface area contributed by atoms with Crippen LogP contribution in [0.4, 0.5) is 0 Å². The van der Waals surface area contributed by atoms with Crippen LogP contribution in [0.1, 0.15) is 20.8 Å². The van der Waals surface area contributed by atoms with Crippen LogP contribution < -0.4 is 0 Å². The van der Waals surface area contributed by atoms with Crippen molar-refractivity contribution < 1.29 is 9.16 Å². The van der Waals surface area contributed by atoms with Crippen LogP contribution in [0.5, 0.6) is 0 Å². The van der Waals surface area contributed by atoms with E-state index in [1.807, 2.05) is 0 Å². The Labute approximate surface area is 88.1 Å². The molecule has 1 fully saturated rings. The summed E-state index contributed by atoms with van der Waals surface area (Å²) in [5.41, 5.74) is 0. The van der Waals surface area contributed by atoms with E-state index in [4.69, 9.17) is 15.6 Å². The lowest BCUT2D eigenvalue weighted by Crippen LogP contribution is -2.44. The number of hydrogen-bond donors (Lipinski definition) is 0. The van der Waals surface area contributed by atoms with Gasteiger partial charge in [0.15, 0.2) is 8.32 Å². The smallest absolute Gasteiger partial charge is 0.193 e. The van der Waals surface area contributed by atoms with Gasteiger partial charge >= 0.3 is 0 Å². The Morgan fingerprint density at radius 1 is 1.50 bits per heavy atom. The highest BCUT2D eigenvalue weighted by atomic mass is 28.4. The molecule has 1 aliphatic rings. The third-order valence-electron chi connectivity index (χ3n) is 3.09. The molecular weight excluding hydrogens is 192 g/mol. The SMILES string of the molecule is C#C[C@H](O[Si](C)(C)C(C)(C)C)[C@@H]1CO1. The fraction of sp³-hybridized carbons (Fsp3) is 0.818. The molecule has 0 unspecified atom stereocenters. The largest absolute Gasteiger partial charge is 0.401 e. The van der Waals surface area contributed by atoms with Crippen LogP contribution in [0, 0.1) is 12.3 Å². The normalized spacial score (nSPS) is 24.1. The second-order valence-corrected chi connectivity index (χ2v) is 10.1. The van der Waals surface area contributed by atoms with Gasteiger partial charge in [0.1, 0.15) is 12.2 Å². The minimum absolute atomic E-state index is 0.143. The lowest BCUT2D eigenvalue weighted by Gasteiger charge is -2.37. The lowest BCUT2D eigenvalue weighted by molar-refractivity contribution is 0.190. The predicted molar refractivity (Wildman–Crippen MR) is 60.6 cm³/mol. The first-order chi connectivity index (χ1) is 6.28. The van der Waals surface area contributed by atoms with Gasteiger partial charge in [0.2, 0.25) is 0 Å². The third kappa shape index (κ3) is 2.60. The fourth-order valence-corrected chi connectivity index (χ4v) is 2.15. The first-order valence-corrected chi connectivity index (χ1v) is 7.94. The van der Waals surface area contributed by atoms with E-state index in [1.165, 1.54) is 0 Å². The van der Waals surface area contributed by atoms with Crippen molar-refractivity contribution in [3.8, 4) is 12.3 Å². The van der Waals surface area contributed by atoms with Gasteiger partial charge in [0.05, 0.1) is 6.61 Å². The van der Waals surface area contributed by atoms with Gasteiger partial charge in [-0.25, -0.2) is 0 Å². The van der Waals surface area contributed by atoms with Crippen LogP contribution in [0.2, 0.25) is 18.1 Å². The quantitative estimate of drug-likeness (QED) is 0.407. The second kappa shape index (κ2) is 3.69. The van der Waals surface area contributed by atoms with Gasteiger partial charge in [-0.05, 0) is 18.1 Å². The second-order valence-electron chi connectivity index (χ2n) is 5.34. The van der Waals surface area contributed by atoms with Crippen molar-refractivity contribution in [3.05, 3.63) is 0 Å². The summed E-state index contributed by atoms with van der Waals surface area (Å²) in [6, 6.07) is 0. The molecule has 0 saturated carbocycles. The summed E-state index contributed by atoms with van der Waals surface area (Å²) in [7, 11) is -1.73. The first-order valence-electron chi connectivity index (χ1n) is 5.03. The van der Waals surface area contributed by atoms with E-state index >= 15 is 0 Å². The Morgan fingerprint density at radius 2 is 2.00 bits per heavy atom. The molecule has 1 aliphatic heterocycles. The summed E-state index contributed by atoms with van der Waals surface area (Å²) in [6.45, 7) is 11.8. The Hall–Kier alpha value is -0.303. The molecular formula is C11H20O2Si. The highest BCUT2D eigenvalue weighted by Crippen LogP contribution is 2.38. The molecule has 0 bridgehead atoms. The minimum atomic E-state index is -1.73. The van der Waals surface area contributed by atoms with Gasteiger partial charge in [0.25, 0.3) is 0 Å². The molecule has 0 spiro atoms. The first kappa shape index (κ1) is 11.8. The van der Waals surface area contributed by atoms with Crippen molar-refractivity contribution in [2.45, 2.75) is 51.1 Å². The van der Waals surface area contributed by atoms with E-state index in [0.717, 1.165) is 6.61 Å². The maximum atomic E-state index is 6.05. The molecule has 3 heteroatoms. The van der Waals surface area contributed by atoms with Gasteiger partial charge in [-0.15, -0.1) is 6.42 Å². The highest BCUT2D eigenvalue weighted by molar-refractivity contribution is 6.74. The van der Waals surface area contributed by atoms with Gasteiger partial charge < -0.3 is 9.16 Å². The van der Waals surface area contributed by atoms with Crippen molar-refractivity contribution in [1.82, 2.24) is 0 Å². The lowest BCUT2D eigenvalue weighted by atomic mass is 10.2. The Morgan fingerprint density at radius 3 is 2.29 bits per heavy atom. The molecule has 2 atom stereocenters. The third-order valence-corrected chi connectivity index (χ3v) is 7.54. The van der Waals surface area contributed by atoms with Gasteiger partial charge in [-0.2, -0.15) is 0 Å². The summed E-state index contributed by atoms with van der Waals surface area (Å²) in [6.07, 6.45) is 5.44. The zero-order valence-electron chi connectivity index (χ0n) is 9.76. The molecule has 0 aromatic rings. The fourth-order valence-electron chi connectivity index (χ4n) is 0.942. The molecule has 0 radical (unpaired) electrons. The van der Waals surface area contributed by atoms with E-state index in [9.17, 15) is 0 Å². The Kier molecular flexibility index (Phi) is 3.10. The molecule has 1 heterocycles. The Balaban J connectivity index is 2.61. The van der Waals surface area contributed by atoms with E-state index in [0.29, 0.717) is 0 Å². The molecule has 80 valence electrons. The van der Waals surface area contributed by atoms with Gasteiger partial charge in [-0.1, -0.05) is 26.7 Å². The van der Waals surface area contributed by atoms with Crippen LogP contribution in [-0.2, 0) is 9.16 Å². The number of rotatable bonds is 3. The van der Waals surface area contributed by atoms with E-state index in [-0.39, 0.29) is 17.2 Å². The van der Waals surface area contributed by atoms with Gasteiger partial charge in [-0.3, -0.25) is 0 Å². The van der Waals surface area contributed by atoms with Crippen molar-refractivity contribution in [3.63, 3.8) is 0 Å².